The number of aliphatic hydroxyl groups excluding tert-OH is 2. The smallest absolute Gasteiger partial charge is 0.315 e. The molecule has 15 nitrogen and oxygen atoms in total. The zero-order valence-electron chi connectivity index (χ0n) is 69.5. The highest BCUT2D eigenvalue weighted by Gasteiger charge is 2.52. The van der Waals surface area contributed by atoms with E-state index in [1.165, 1.54) is 79.3 Å². The van der Waals surface area contributed by atoms with Gasteiger partial charge in [0.25, 0.3) is 0 Å². The van der Waals surface area contributed by atoms with E-state index in [2.05, 4.69) is 85.8 Å². The summed E-state index contributed by atoms with van der Waals surface area (Å²) < 4.78 is 31.4. The summed E-state index contributed by atoms with van der Waals surface area (Å²) in [4.78, 5) is 73.2. The van der Waals surface area contributed by atoms with Crippen molar-refractivity contribution in [3.63, 3.8) is 0 Å². The van der Waals surface area contributed by atoms with Gasteiger partial charge in [0.15, 0.2) is 0 Å². The number of aliphatic hydroxyl groups is 2. The summed E-state index contributed by atoms with van der Waals surface area (Å²) >= 11 is 2.94. The van der Waals surface area contributed by atoms with Crippen LogP contribution in [0.1, 0.15) is 207 Å². The van der Waals surface area contributed by atoms with Crippen molar-refractivity contribution in [2.75, 3.05) is 62.7 Å². The van der Waals surface area contributed by atoms with Gasteiger partial charge >= 0.3 is 35.8 Å². The lowest BCUT2D eigenvalue weighted by Crippen LogP contribution is -2.31. The number of thioether (sulfide) groups is 2. The maximum atomic E-state index is 13.3. The highest BCUT2D eigenvalue weighted by Crippen LogP contribution is 2.70. The van der Waals surface area contributed by atoms with Crippen molar-refractivity contribution >= 4 is 168 Å². The summed E-state index contributed by atoms with van der Waals surface area (Å²) in [5.41, 5.74) is 13.2. The van der Waals surface area contributed by atoms with E-state index in [1.54, 1.807) is 136 Å². The first-order valence-electron chi connectivity index (χ1n) is 42.6. The van der Waals surface area contributed by atoms with Crippen LogP contribution in [0.2, 0.25) is 0 Å². The number of carbonyl (C=O) groups excluding carboxylic acids is 6. The van der Waals surface area contributed by atoms with Gasteiger partial charge < -0.3 is 38.6 Å². The molecule has 17 heteroatoms. The quantitative estimate of drug-likeness (QED) is 0.0163. The molecular formula is C101H105NO14S2. The van der Waals surface area contributed by atoms with Crippen LogP contribution in [0, 0.1) is 45.3 Å². The zero-order valence-corrected chi connectivity index (χ0v) is 71.2. The van der Waals surface area contributed by atoms with Crippen LogP contribution >= 0.6 is 23.5 Å². The largest absolute Gasteiger partial charge is 0.462 e. The molecule has 0 aliphatic heterocycles. The number of carbonyl (C=O) groups is 6. The topological polar surface area (TPSA) is 222 Å². The van der Waals surface area contributed by atoms with Crippen LogP contribution in [-0.2, 0) is 70.0 Å². The summed E-state index contributed by atoms with van der Waals surface area (Å²) in [6, 6.07) is 44.1. The Morgan fingerprint density at radius 2 is 1.01 bits per heavy atom. The molecule has 13 aromatic carbocycles. The predicted molar refractivity (Wildman–Crippen MR) is 472 cm³/mol. The molecule has 2 N–H and O–H groups in total. The predicted octanol–water partition coefficient (Wildman–Crippen LogP) is 19.1. The van der Waals surface area contributed by atoms with Gasteiger partial charge in [-0.3, -0.25) is 28.8 Å². The lowest BCUT2D eigenvalue weighted by atomic mass is 9.71. The van der Waals surface area contributed by atoms with Gasteiger partial charge in [-0.1, -0.05) is 143 Å². The Morgan fingerprint density at radius 3 is 1.61 bits per heavy atom. The highest BCUT2D eigenvalue weighted by atomic mass is 32.2. The fourth-order valence-electron chi connectivity index (χ4n) is 20.5. The minimum Gasteiger partial charge on any atom is -0.462 e. The third-order valence-corrected chi connectivity index (χ3v) is 29.7. The summed E-state index contributed by atoms with van der Waals surface area (Å²) in [7, 11) is 0. The van der Waals surface area contributed by atoms with Gasteiger partial charge in [-0.2, -0.15) is 5.26 Å². The van der Waals surface area contributed by atoms with Crippen LogP contribution in [0.25, 0.3) is 109 Å². The molecule has 6 aliphatic rings. The summed E-state index contributed by atoms with van der Waals surface area (Å²) in [6.45, 7) is 20.1. The molecule has 10 unspecified atom stereocenters. The summed E-state index contributed by atoms with van der Waals surface area (Å²) in [5, 5.41) is 60.3. The van der Waals surface area contributed by atoms with Crippen LogP contribution in [0.5, 0.6) is 0 Å². The van der Waals surface area contributed by atoms with Gasteiger partial charge in [-0.25, -0.2) is 0 Å². The van der Waals surface area contributed by atoms with Crippen LogP contribution in [0.3, 0.4) is 0 Å². The number of hydrogen-bond donors (Lipinski definition) is 2. The molecule has 6 aliphatic carbocycles. The molecule has 610 valence electrons. The van der Waals surface area contributed by atoms with Gasteiger partial charge in [-0.05, 0) is 299 Å². The van der Waals surface area contributed by atoms with E-state index in [0.29, 0.717) is 55.1 Å². The summed E-state index contributed by atoms with van der Waals surface area (Å²) in [6.07, 6.45) is 8.68. The molecule has 0 radical (unpaired) electrons. The van der Waals surface area contributed by atoms with E-state index in [4.69, 9.17) is 33.7 Å². The SMILES string of the molecule is CCC(C)(C)C(=O)OCC(O)COC(=O)CSCC(C)c1ccccc1.CCC(C)(C)C(=O)OCC(O)COC(=O)CSCC(CC(C)C#N)c1ccccc1.CCC(C)(C)C(=O)OCCOC(=O)CCCC(c1ccccc1)C1c2cc3c4c5c6c7c8c9c(cc%10cc%11c%12c%10c9c7c7c%12c9c(cc1c1c2c4c6c7c19)C%11)=CC1CC(C3)C5C=81. The van der Waals surface area contributed by atoms with E-state index >= 15 is 0 Å². The van der Waals surface area contributed by atoms with E-state index < -0.39 is 34.4 Å². The molecule has 0 saturated heterocycles. The fourth-order valence-corrected chi connectivity index (χ4v) is 22.4. The summed E-state index contributed by atoms with van der Waals surface area (Å²) in [5.74, 6) is 2.35. The van der Waals surface area contributed by atoms with Gasteiger partial charge in [0, 0.05) is 41.6 Å². The van der Waals surface area contributed by atoms with Crippen molar-refractivity contribution in [3.05, 3.63) is 176 Å². The molecule has 19 rings (SSSR count). The van der Waals surface area contributed by atoms with Crippen molar-refractivity contribution in [2.45, 2.75) is 182 Å². The van der Waals surface area contributed by atoms with E-state index in [9.17, 15) is 39.0 Å². The van der Waals surface area contributed by atoms with Gasteiger partial charge in [-0.15, -0.1) is 23.5 Å². The minimum atomic E-state index is -1.05. The number of nitriles is 1. The molecule has 13 aromatic rings. The molecule has 0 amide bonds. The molecule has 1 fully saturated rings. The van der Waals surface area contributed by atoms with Crippen LogP contribution in [0.4, 0.5) is 0 Å². The number of rotatable bonds is 35. The Kier molecular flexibility index (Phi) is 21.8. The zero-order chi connectivity index (χ0) is 82.7. The normalized spacial score (nSPS) is 18.1. The first-order valence-corrected chi connectivity index (χ1v) is 44.9. The lowest BCUT2D eigenvalue weighted by molar-refractivity contribution is -0.160. The first kappa shape index (κ1) is 80.8. The van der Waals surface area contributed by atoms with Crippen molar-refractivity contribution < 1.29 is 67.4 Å². The first-order chi connectivity index (χ1) is 56.8. The Morgan fingerprint density at radius 1 is 0.517 bits per heavy atom. The Hall–Kier alpha value is -9.57. The molecule has 0 heterocycles. The molecule has 0 spiro atoms. The fraction of sp³-hybridized carbons (Fsp3) is 0.436. The minimum absolute atomic E-state index is 0.0710. The standard InChI is InChI=1S/C58H42O4.C23H33NO5S.C20H30O5S/c1-4-58(2,3)57(60)62-14-13-61-34(59)12-8-11-31(23-9-6-5-7-10-23)42-32-21-29-19-26-15-24-17-28-18-25-16-27-20-30-22-33(42)44-43(32)49-40(29)47-37(26)35(24)45-39(28)46-36(25)38(27)48-41(30)50(44)56-54(48)52(46)51(45)53(47)55(49)56;1-5-23(3,4)22(27)29-14-20(25)13-28-21(26)16-30-15-19(11-17(2)12-24)18-9-7-6-8-10-18;1-5-20(3,4)19(23)25-12-17(21)11-24-18(22)14-26-13-15(2)16-9-7-6-8-10-16/h5-7,9-10,15,17-18,21-22,25,27,31,38,42H,4,8,11-14,16,19-20H2,1-3H3;6-10,17,19-20,25H,5,11,13-16H2,1-4H3;6-10,15,17,21H,5,11-14H2,1-4H3. The van der Waals surface area contributed by atoms with Gasteiger partial charge in [0.05, 0.1) is 33.8 Å². The molecular weight excluding hydrogens is 1520 g/mol. The van der Waals surface area contributed by atoms with Crippen molar-refractivity contribution in [1.29, 1.82) is 5.26 Å². The van der Waals surface area contributed by atoms with Gasteiger partial charge in [0.2, 0.25) is 0 Å². The van der Waals surface area contributed by atoms with Crippen LogP contribution < -0.4 is 10.4 Å². The molecule has 10 atom stereocenters. The Labute approximate surface area is 696 Å². The molecule has 0 aromatic heterocycles. The van der Waals surface area contributed by atoms with Crippen molar-refractivity contribution in [2.24, 2.45) is 34.0 Å². The average molecular weight is 1620 g/mol. The van der Waals surface area contributed by atoms with Crippen LogP contribution in [-0.4, -0.2) is 121 Å². The second-order valence-corrected chi connectivity index (χ2v) is 38.3. The van der Waals surface area contributed by atoms with Gasteiger partial charge in [0.1, 0.15) is 51.8 Å². The second kappa shape index (κ2) is 31.9. The van der Waals surface area contributed by atoms with Crippen LogP contribution in [0.15, 0.2) is 115 Å². The van der Waals surface area contributed by atoms with E-state index in [0.717, 1.165) is 43.4 Å². The average Bonchev–Trinajstić information content (AvgIpc) is 1.44. The monoisotopic (exact) mass is 1620 g/mol. The lowest BCUT2D eigenvalue weighted by Gasteiger charge is -2.31. The van der Waals surface area contributed by atoms with E-state index in [-0.39, 0.29) is 105 Å². The maximum absolute atomic E-state index is 13.3. The Balaban J connectivity index is 0.000000150. The Bertz CT molecular complexity index is 6200. The van der Waals surface area contributed by atoms with Crippen molar-refractivity contribution in [3.8, 4) is 6.07 Å². The number of ether oxygens (including phenoxy) is 6. The van der Waals surface area contributed by atoms with E-state index in [1.807, 2.05) is 90.1 Å². The molecule has 1 saturated carbocycles. The maximum Gasteiger partial charge on any atom is 0.315 e. The van der Waals surface area contributed by atoms with Crippen molar-refractivity contribution in [1.82, 2.24) is 0 Å². The third kappa shape index (κ3) is 13.8. The number of hydrogen-bond acceptors (Lipinski definition) is 17. The highest BCUT2D eigenvalue weighted by molar-refractivity contribution is 8.00. The number of benzene rings is 9. The molecule has 118 heavy (non-hydrogen) atoms. The second-order valence-electron chi connectivity index (χ2n) is 36.3. The number of esters is 6. The third-order valence-electron chi connectivity index (χ3n) is 27.5. The molecule has 0 bridgehead atoms. The number of nitrogens with zero attached hydrogens (tertiary/aromatic N) is 1.